The molecule has 0 aliphatic carbocycles. The first-order valence-corrected chi connectivity index (χ1v) is 6.85. The Kier molecular flexibility index (Phi) is 7.00. The van der Waals surface area contributed by atoms with Crippen molar-refractivity contribution in [2.24, 2.45) is 0 Å². The Bertz CT molecular complexity index is 363. The van der Waals surface area contributed by atoms with Crippen molar-refractivity contribution >= 4 is 29.3 Å². The van der Waals surface area contributed by atoms with Gasteiger partial charge < -0.3 is 10.4 Å². The molecule has 1 rings (SSSR count). The van der Waals surface area contributed by atoms with Crippen LogP contribution in [-0.2, 0) is 0 Å². The molecule has 1 heterocycles. The van der Waals surface area contributed by atoms with Gasteiger partial charge in [-0.1, -0.05) is 11.6 Å². The van der Waals surface area contributed by atoms with Crippen LogP contribution in [0.15, 0.2) is 18.5 Å². The molecule has 0 spiro atoms. The minimum atomic E-state index is -0.203. The molecule has 0 saturated heterocycles. The maximum absolute atomic E-state index is 11.7. The molecule has 0 unspecified atom stereocenters. The first kappa shape index (κ1) is 14.3. The van der Waals surface area contributed by atoms with Gasteiger partial charge in [0.25, 0.3) is 5.91 Å². The number of rotatable bonds is 7. The van der Waals surface area contributed by atoms with Crippen LogP contribution in [0, 0.1) is 0 Å². The molecule has 17 heavy (non-hydrogen) atoms. The molecular weight excluding hydrogens is 260 g/mol. The molecule has 0 atom stereocenters. The third-order valence-electron chi connectivity index (χ3n) is 1.99. The monoisotopic (exact) mass is 274 g/mol. The first-order chi connectivity index (χ1) is 8.25. The van der Waals surface area contributed by atoms with E-state index in [-0.39, 0.29) is 12.5 Å². The first-order valence-electron chi connectivity index (χ1n) is 5.32. The standard InChI is InChI=1S/C11H15ClN2O2S/c12-10-2-3-13-8-9(10)11(16)14-4-7-17-6-1-5-15/h2-3,8,15H,1,4-7H2,(H,14,16). The van der Waals surface area contributed by atoms with Crippen molar-refractivity contribution in [1.29, 1.82) is 0 Å². The van der Waals surface area contributed by atoms with Gasteiger partial charge in [-0.25, -0.2) is 0 Å². The molecule has 0 bridgehead atoms. The molecule has 0 aliphatic heterocycles. The summed E-state index contributed by atoms with van der Waals surface area (Å²) in [4.78, 5) is 15.5. The fraction of sp³-hybridized carbons (Fsp3) is 0.455. The molecule has 1 amide bonds. The van der Waals surface area contributed by atoms with Crippen LogP contribution in [0.1, 0.15) is 16.8 Å². The van der Waals surface area contributed by atoms with E-state index >= 15 is 0 Å². The molecule has 2 N–H and O–H groups in total. The van der Waals surface area contributed by atoms with Gasteiger partial charge in [-0.3, -0.25) is 9.78 Å². The zero-order valence-corrected chi connectivity index (χ0v) is 10.9. The van der Waals surface area contributed by atoms with Crippen molar-refractivity contribution in [1.82, 2.24) is 10.3 Å². The number of carbonyl (C=O) groups excluding carboxylic acids is 1. The Morgan fingerprint density at radius 3 is 3.06 bits per heavy atom. The van der Waals surface area contributed by atoms with Gasteiger partial charge in [-0.05, 0) is 18.2 Å². The summed E-state index contributed by atoms with van der Waals surface area (Å²) >= 11 is 7.56. The average Bonchev–Trinajstić information content (AvgIpc) is 2.34. The van der Waals surface area contributed by atoms with Crippen molar-refractivity contribution in [3.05, 3.63) is 29.0 Å². The third-order valence-corrected chi connectivity index (χ3v) is 3.39. The molecule has 0 saturated carbocycles. The number of pyridine rings is 1. The van der Waals surface area contributed by atoms with E-state index in [2.05, 4.69) is 10.3 Å². The highest BCUT2D eigenvalue weighted by atomic mass is 35.5. The van der Waals surface area contributed by atoms with Gasteiger partial charge in [0.1, 0.15) is 0 Å². The van der Waals surface area contributed by atoms with E-state index in [1.54, 1.807) is 24.0 Å². The van der Waals surface area contributed by atoms with E-state index < -0.39 is 0 Å². The van der Waals surface area contributed by atoms with Gasteiger partial charge in [0.15, 0.2) is 0 Å². The molecule has 0 radical (unpaired) electrons. The van der Waals surface area contributed by atoms with E-state index in [1.807, 2.05) is 0 Å². The summed E-state index contributed by atoms with van der Waals surface area (Å²) in [6.45, 7) is 0.796. The van der Waals surface area contributed by atoms with Crippen LogP contribution in [-0.4, -0.2) is 40.7 Å². The second-order valence-corrected chi connectivity index (χ2v) is 4.93. The highest BCUT2D eigenvalue weighted by Crippen LogP contribution is 2.12. The van der Waals surface area contributed by atoms with Crippen molar-refractivity contribution in [2.75, 3.05) is 24.7 Å². The summed E-state index contributed by atoms with van der Waals surface area (Å²) < 4.78 is 0. The van der Waals surface area contributed by atoms with Crippen LogP contribution in [0.25, 0.3) is 0 Å². The lowest BCUT2D eigenvalue weighted by Gasteiger charge is -2.05. The zero-order chi connectivity index (χ0) is 12.5. The summed E-state index contributed by atoms with van der Waals surface area (Å²) in [7, 11) is 0. The lowest BCUT2D eigenvalue weighted by atomic mass is 10.2. The largest absolute Gasteiger partial charge is 0.396 e. The number of nitrogens with zero attached hydrogens (tertiary/aromatic N) is 1. The minimum absolute atomic E-state index is 0.203. The molecule has 0 aromatic carbocycles. The van der Waals surface area contributed by atoms with Gasteiger partial charge in [-0.15, -0.1) is 0 Å². The second kappa shape index (κ2) is 8.33. The number of carbonyl (C=O) groups is 1. The number of aromatic nitrogens is 1. The van der Waals surface area contributed by atoms with Gasteiger partial charge in [0.2, 0.25) is 0 Å². The Hall–Kier alpha value is -0.780. The van der Waals surface area contributed by atoms with E-state index in [1.165, 1.54) is 6.20 Å². The van der Waals surface area contributed by atoms with Gasteiger partial charge in [0.05, 0.1) is 10.6 Å². The van der Waals surface area contributed by atoms with Crippen LogP contribution < -0.4 is 5.32 Å². The Morgan fingerprint density at radius 2 is 2.35 bits per heavy atom. The lowest BCUT2D eigenvalue weighted by Crippen LogP contribution is -2.26. The second-order valence-electron chi connectivity index (χ2n) is 3.30. The van der Waals surface area contributed by atoms with E-state index in [0.29, 0.717) is 17.1 Å². The Labute approximate surface area is 110 Å². The molecule has 0 aliphatic rings. The fourth-order valence-corrected chi connectivity index (χ4v) is 2.12. The number of aliphatic hydroxyl groups excluding tert-OH is 1. The van der Waals surface area contributed by atoms with Crippen molar-refractivity contribution < 1.29 is 9.90 Å². The summed E-state index contributed by atoms with van der Waals surface area (Å²) in [6, 6.07) is 1.59. The SMILES string of the molecule is O=C(NCCSCCCO)c1cnccc1Cl. The normalized spacial score (nSPS) is 10.2. The quantitative estimate of drug-likeness (QED) is 0.741. The smallest absolute Gasteiger partial charge is 0.254 e. The van der Waals surface area contributed by atoms with Crippen molar-refractivity contribution in [3.63, 3.8) is 0 Å². The van der Waals surface area contributed by atoms with Gasteiger partial charge in [-0.2, -0.15) is 11.8 Å². The van der Waals surface area contributed by atoms with Gasteiger partial charge in [0, 0.05) is 31.3 Å². The predicted octanol–water partition coefficient (Wildman–Crippen LogP) is 1.58. The molecular formula is C11H15ClN2O2S. The maximum atomic E-state index is 11.7. The highest BCUT2D eigenvalue weighted by molar-refractivity contribution is 7.99. The predicted molar refractivity (Wildman–Crippen MR) is 70.6 cm³/mol. The molecule has 6 heteroatoms. The number of hydrogen-bond acceptors (Lipinski definition) is 4. The zero-order valence-electron chi connectivity index (χ0n) is 9.36. The molecule has 1 aromatic heterocycles. The van der Waals surface area contributed by atoms with Crippen LogP contribution in [0.4, 0.5) is 0 Å². The van der Waals surface area contributed by atoms with E-state index in [0.717, 1.165) is 17.9 Å². The summed E-state index contributed by atoms with van der Waals surface area (Å²) in [5.41, 5.74) is 0.398. The minimum Gasteiger partial charge on any atom is -0.396 e. The van der Waals surface area contributed by atoms with E-state index in [4.69, 9.17) is 16.7 Å². The average molecular weight is 275 g/mol. The summed E-state index contributed by atoms with van der Waals surface area (Å²) in [5, 5.41) is 11.8. The lowest BCUT2D eigenvalue weighted by molar-refractivity contribution is 0.0956. The molecule has 4 nitrogen and oxygen atoms in total. The topological polar surface area (TPSA) is 62.2 Å². The maximum Gasteiger partial charge on any atom is 0.254 e. The van der Waals surface area contributed by atoms with Crippen molar-refractivity contribution in [3.8, 4) is 0 Å². The van der Waals surface area contributed by atoms with Gasteiger partial charge >= 0.3 is 0 Å². The van der Waals surface area contributed by atoms with Crippen LogP contribution >= 0.6 is 23.4 Å². The number of nitrogens with one attached hydrogen (secondary N) is 1. The van der Waals surface area contributed by atoms with E-state index in [9.17, 15) is 4.79 Å². The van der Waals surface area contributed by atoms with Crippen LogP contribution in [0.2, 0.25) is 5.02 Å². The number of hydrogen-bond donors (Lipinski definition) is 2. The highest BCUT2D eigenvalue weighted by Gasteiger charge is 2.08. The molecule has 1 aromatic rings. The van der Waals surface area contributed by atoms with Crippen LogP contribution in [0.3, 0.4) is 0 Å². The summed E-state index contributed by atoms with van der Waals surface area (Å²) in [5.74, 6) is 1.52. The molecule has 94 valence electrons. The number of thioether (sulfide) groups is 1. The Balaban J connectivity index is 2.24. The number of aliphatic hydroxyl groups is 1. The Morgan fingerprint density at radius 1 is 1.53 bits per heavy atom. The summed E-state index contributed by atoms with van der Waals surface area (Å²) in [6.07, 6.45) is 3.79. The van der Waals surface area contributed by atoms with Crippen molar-refractivity contribution in [2.45, 2.75) is 6.42 Å². The molecule has 0 fully saturated rings. The van der Waals surface area contributed by atoms with Crippen LogP contribution in [0.5, 0.6) is 0 Å². The number of halogens is 1. The fourth-order valence-electron chi connectivity index (χ4n) is 1.15. The third kappa shape index (κ3) is 5.39. The number of amides is 1.